The van der Waals surface area contributed by atoms with Crippen LogP contribution in [0.4, 0.5) is 0 Å². The lowest BCUT2D eigenvalue weighted by molar-refractivity contribution is 0.769. The van der Waals surface area contributed by atoms with Gasteiger partial charge >= 0.3 is 0 Å². The number of fused-ring (bicyclic) bond motifs is 6. The zero-order chi connectivity index (χ0) is 36.3. The quantitative estimate of drug-likeness (QED) is 0.179. The first-order valence-electron chi connectivity index (χ1n) is 18.8. The lowest BCUT2D eigenvalue weighted by Gasteiger charge is -2.34. The van der Waals surface area contributed by atoms with Crippen molar-refractivity contribution in [2.45, 2.75) is 5.41 Å². The Morgan fingerprint density at radius 2 is 0.800 bits per heavy atom. The average Bonchev–Trinajstić information content (AvgIpc) is 3.55. The van der Waals surface area contributed by atoms with E-state index in [9.17, 15) is 0 Å². The lowest BCUT2D eigenvalue weighted by Crippen LogP contribution is -2.28. The molecule has 3 heteroatoms. The summed E-state index contributed by atoms with van der Waals surface area (Å²) < 4.78 is 0. The monoisotopic (exact) mass is 699 g/mol. The van der Waals surface area contributed by atoms with Crippen LogP contribution in [0.25, 0.3) is 77.6 Å². The Labute approximate surface area is 319 Å². The molecule has 0 spiro atoms. The Morgan fingerprint density at radius 1 is 0.291 bits per heavy atom. The standard InChI is InChI=1S/C52H33N3/c1-3-19-39(20-4-1)52(40-21-5-2-6-22-40)47-28-12-11-25-43(47)46-32-36-29-30-37(31-38(36)33-48(46)52)49-53-50(44-26-13-17-34-15-7-9-23-41(34)44)55-51(54-49)45-27-14-18-35-16-8-10-24-42(35)45/h1-33H. The maximum absolute atomic E-state index is 5.24. The van der Waals surface area contributed by atoms with E-state index in [0.717, 1.165) is 43.6 Å². The molecular weight excluding hydrogens is 667 g/mol. The summed E-state index contributed by atoms with van der Waals surface area (Å²) in [6, 6.07) is 71.8. The molecule has 0 saturated carbocycles. The third-order valence-corrected chi connectivity index (χ3v) is 11.4. The van der Waals surface area contributed by atoms with Crippen LogP contribution in [-0.2, 0) is 5.41 Å². The molecule has 0 atom stereocenters. The second-order valence-corrected chi connectivity index (χ2v) is 14.3. The molecule has 9 aromatic carbocycles. The van der Waals surface area contributed by atoms with Crippen LogP contribution in [0.2, 0.25) is 0 Å². The zero-order valence-electron chi connectivity index (χ0n) is 29.9. The number of hydrogen-bond donors (Lipinski definition) is 0. The Hall–Kier alpha value is -7.23. The molecular formula is C52H33N3. The van der Waals surface area contributed by atoms with Crippen molar-refractivity contribution in [3.8, 4) is 45.3 Å². The molecule has 1 aliphatic carbocycles. The molecule has 1 aliphatic rings. The van der Waals surface area contributed by atoms with E-state index in [4.69, 9.17) is 15.0 Å². The van der Waals surface area contributed by atoms with E-state index in [1.807, 2.05) is 0 Å². The fraction of sp³-hybridized carbons (Fsp3) is 0.0192. The van der Waals surface area contributed by atoms with Crippen molar-refractivity contribution in [1.29, 1.82) is 0 Å². The first kappa shape index (κ1) is 31.3. The molecule has 0 amide bonds. The molecule has 1 heterocycles. The number of nitrogens with zero attached hydrogens (tertiary/aromatic N) is 3. The highest BCUT2D eigenvalue weighted by Crippen LogP contribution is 2.56. The minimum absolute atomic E-state index is 0.477. The van der Waals surface area contributed by atoms with Gasteiger partial charge in [0.1, 0.15) is 0 Å². The number of benzene rings is 9. The SMILES string of the molecule is c1ccc(C2(c3ccccc3)c3ccccc3-c3cc4ccc(-c5nc(-c6cccc7ccccc67)nc(-c6cccc7ccccc67)n5)cc4cc32)cc1. The fourth-order valence-corrected chi connectivity index (χ4v) is 8.91. The maximum atomic E-state index is 5.24. The van der Waals surface area contributed by atoms with E-state index in [1.165, 1.54) is 38.8 Å². The van der Waals surface area contributed by atoms with Crippen LogP contribution in [0.15, 0.2) is 200 Å². The molecule has 0 radical (unpaired) electrons. The van der Waals surface area contributed by atoms with Crippen molar-refractivity contribution in [1.82, 2.24) is 15.0 Å². The summed E-state index contributed by atoms with van der Waals surface area (Å²) in [7, 11) is 0. The van der Waals surface area contributed by atoms with E-state index >= 15 is 0 Å². The van der Waals surface area contributed by atoms with Crippen molar-refractivity contribution in [3.05, 3.63) is 222 Å². The van der Waals surface area contributed by atoms with Gasteiger partial charge in [0, 0.05) is 16.7 Å². The molecule has 55 heavy (non-hydrogen) atoms. The first-order chi connectivity index (χ1) is 27.3. The van der Waals surface area contributed by atoms with E-state index < -0.39 is 5.41 Å². The van der Waals surface area contributed by atoms with Crippen molar-refractivity contribution in [2.75, 3.05) is 0 Å². The summed E-state index contributed by atoms with van der Waals surface area (Å²) in [5.74, 6) is 1.95. The first-order valence-corrected chi connectivity index (χ1v) is 18.8. The van der Waals surface area contributed by atoms with Gasteiger partial charge in [0.2, 0.25) is 0 Å². The molecule has 0 N–H and O–H groups in total. The summed E-state index contributed by atoms with van der Waals surface area (Å²) >= 11 is 0. The molecule has 3 nitrogen and oxygen atoms in total. The summed E-state index contributed by atoms with van der Waals surface area (Å²) in [6.45, 7) is 0. The number of rotatable bonds is 5. The maximum Gasteiger partial charge on any atom is 0.164 e. The van der Waals surface area contributed by atoms with Crippen molar-refractivity contribution in [2.24, 2.45) is 0 Å². The Balaban J connectivity index is 1.16. The van der Waals surface area contributed by atoms with Gasteiger partial charge in [-0.05, 0) is 83.9 Å². The molecule has 1 aromatic heterocycles. The minimum Gasteiger partial charge on any atom is -0.208 e. The molecule has 11 rings (SSSR count). The van der Waals surface area contributed by atoms with Gasteiger partial charge in [-0.1, -0.05) is 182 Å². The van der Waals surface area contributed by atoms with Crippen LogP contribution in [0.3, 0.4) is 0 Å². The molecule has 10 aromatic rings. The van der Waals surface area contributed by atoms with Gasteiger partial charge in [-0.2, -0.15) is 0 Å². The average molecular weight is 700 g/mol. The molecule has 0 fully saturated rings. The van der Waals surface area contributed by atoms with Crippen molar-refractivity contribution in [3.63, 3.8) is 0 Å². The zero-order valence-corrected chi connectivity index (χ0v) is 29.9. The van der Waals surface area contributed by atoms with E-state index in [2.05, 4.69) is 200 Å². The normalized spacial score (nSPS) is 12.9. The van der Waals surface area contributed by atoms with Crippen LogP contribution in [0, 0.1) is 0 Å². The number of aromatic nitrogens is 3. The van der Waals surface area contributed by atoms with Crippen LogP contribution in [-0.4, -0.2) is 15.0 Å². The van der Waals surface area contributed by atoms with E-state index in [0.29, 0.717) is 17.5 Å². The molecule has 0 unspecified atom stereocenters. The molecule has 256 valence electrons. The highest BCUT2D eigenvalue weighted by atomic mass is 15.0. The van der Waals surface area contributed by atoms with Crippen LogP contribution in [0.1, 0.15) is 22.3 Å². The molecule has 0 saturated heterocycles. The van der Waals surface area contributed by atoms with Gasteiger partial charge in [0.15, 0.2) is 17.5 Å². The third kappa shape index (κ3) is 4.87. The highest BCUT2D eigenvalue weighted by molar-refractivity contribution is 5.99. The van der Waals surface area contributed by atoms with Gasteiger partial charge in [0.05, 0.1) is 5.41 Å². The second kappa shape index (κ2) is 12.4. The molecule has 0 aliphatic heterocycles. The van der Waals surface area contributed by atoms with Gasteiger partial charge in [0.25, 0.3) is 0 Å². The summed E-state index contributed by atoms with van der Waals surface area (Å²) in [6.07, 6.45) is 0. The summed E-state index contributed by atoms with van der Waals surface area (Å²) in [5, 5.41) is 6.82. The van der Waals surface area contributed by atoms with Gasteiger partial charge in [-0.3, -0.25) is 0 Å². The lowest BCUT2D eigenvalue weighted by atomic mass is 9.67. The smallest absolute Gasteiger partial charge is 0.164 e. The van der Waals surface area contributed by atoms with Gasteiger partial charge in [-0.15, -0.1) is 0 Å². The summed E-state index contributed by atoms with van der Waals surface area (Å²) in [4.78, 5) is 15.7. The van der Waals surface area contributed by atoms with Crippen LogP contribution >= 0.6 is 0 Å². The van der Waals surface area contributed by atoms with E-state index in [-0.39, 0.29) is 0 Å². The number of hydrogen-bond acceptors (Lipinski definition) is 3. The van der Waals surface area contributed by atoms with Crippen LogP contribution in [0.5, 0.6) is 0 Å². The topological polar surface area (TPSA) is 38.7 Å². The third-order valence-electron chi connectivity index (χ3n) is 11.4. The Morgan fingerprint density at radius 3 is 1.44 bits per heavy atom. The largest absolute Gasteiger partial charge is 0.208 e. The van der Waals surface area contributed by atoms with Gasteiger partial charge in [-0.25, -0.2) is 15.0 Å². The molecule has 0 bridgehead atoms. The van der Waals surface area contributed by atoms with Crippen LogP contribution < -0.4 is 0 Å². The summed E-state index contributed by atoms with van der Waals surface area (Å²) in [5.41, 5.74) is 10.0. The van der Waals surface area contributed by atoms with E-state index in [1.54, 1.807) is 0 Å². The fourth-order valence-electron chi connectivity index (χ4n) is 8.91. The Bertz CT molecular complexity index is 2950. The minimum atomic E-state index is -0.477. The highest BCUT2D eigenvalue weighted by Gasteiger charge is 2.46. The predicted molar refractivity (Wildman–Crippen MR) is 226 cm³/mol. The van der Waals surface area contributed by atoms with Crippen molar-refractivity contribution < 1.29 is 0 Å². The second-order valence-electron chi connectivity index (χ2n) is 14.3. The predicted octanol–water partition coefficient (Wildman–Crippen LogP) is 12.7. The van der Waals surface area contributed by atoms with Crippen molar-refractivity contribution >= 4 is 32.3 Å². The Kier molecular flexibility index (Phi) is 7.08. The van der Waals surface area contributed by atoms with Gasteiger partial charge < -0.3 is 0 Å².